The maximum absolute atomic E-state index is 9.91. The highest BCUT2D eigenvalue weighted by molar-refractivity contribution is 5.20. The summed E-state index contributed by atoms with van der Waals surface area (Å²) < 4.78 is 0. The molecule has 0 aliphatic heterocycles. The van der Waals surface area contributed by atoms with E-state index >= 15 is 0 Å². The molecule has 4 heteroatoms. The molecular weight excluding hydrogens is 202 g/mol. The topological polar surface area (TPSA) is 69.0 Å². The summed E-state index contributed by atoms with van der Waals surface area (Å²) >= 11 is 0. The number of hydrogen-bond donors (Lipinski definition) is 1. The second kappa shape index (κ2) is 6.67. The summed E-state index contributed by atoms with van der Waals surface area (Å²) in [7, 11) is 0. The minimum Gasteiger partial charge on any atom is -0.392 e. The average molecular weight is 217 g/mol. The largest absolute Gasteiger partial charge is 0.392 e. The number of benzene rings is 1. The Labute approximate surface area is 94.9 Å². The van der Waals surface area contributed by atoms with Crippen LogP contribution in [-0.2, 0) is 0 Å². The van der Waals surface area contributed by atoms with Crippen molar-refractivity contribution >= 4 is 0 Å². The van der Waals surface area contributed by atoms with Crippen molar-refractivity contribution in [1.29, 1.82) is 0 Å². The van der Waals surface area contributed by atoms with Crippen LogP contribution in [0.1, 0.15) is 24.4 Å². The zero-order valence-electron chi connectivity index (χ0n) is 9.03. The average Bonchev–Trinajstić information content (AvgIpc) is 2.34. The molecule has 2 atom stereocenters. The highest BCUT2D eigenvalue weighted by atomic mass is 16.3. The maximum Gasteiger partial charge on any atom is 0.0884 e. The van der Waals surface area contributed by atoms with E-state index in [1.807, 2.05) is 30.3 Å². The predicted octanol–water partition coefficient (Wildman–Crippen LogP) is 3.37. The minimum absolute atomic E-state index is 0.522. The summed E-state index contributed by atoms with van der Waals surface area (Å²) in [4.78, 5) is 2.78. The maximum atomic E-state index is 9.91. The fraction of sp³-hybridized carbons (Fsp3) is 0.333. The number of nitrogens with zero attached hydrogens (tertiary/aromatic N) is 3. The van der Waals surface area contributed by atoms with E-state index in [9.17, 15) is 5.11 Å². The van der Waals surface area contributed by atoms with Crippen LogP contribution in [-0.4, -0.2) is 11.2 Å². The van der Waals surface area contributed by atoms with E-state index in [1.54, 1.807) is 6.08 Å². The third-order valence-corrected chi connectivity index (χ3v) is 2.35. The van der Waals surface area contributed by atoms with E-state index in [4.69, 9.17) is 5.53 Å². The first-order chi connectivity index (χ1) is 7.79. The molecule has 0 unspecified atom stereocenters. The first-order valence-corrected chi connectivity index (χ1v) is 5.17. The second-order valence-electron chi connectivity index (χ2n) is 3.49. The van der Waals surface area contributed by atoms with Crippen LogP contribution in [0.2, 0.25) is 0 Å². The van der Waals surface area contributed by atoms with Gasteiger partial charge in [-0.05, 0) is 23.9 Å². The van der Waals surface area contributed by atoms with Gasteiger partial charge in [0, 0.05) is 4.91 Å². The number of aliphatic hydroxyl groups excluding tert-OH is 1. The second-order valence-corrected chi connectivity index (χ2v) is 3.49. The summed E-state index contributed by atoms with van der Waals surface area (Å²) in [6.07, 6.45) is 2.31. The van der Waals surface area contributed by atoms with E-state index in [2.05, 4.69) is 16.6 Å². The molecule has 0 saturated carbocycles. The van der Waals surface area contributed by atoms with Gasteiger partial charge in [0.15, 0.2) is 0 Å². The molecule has 0 aromatic heterocycles. The molecule has 0 spiro atoms. The van der Waals surface area contributed by atoms with E-state index in [0.717, 1.165) is 5.56 Å². The first kappa shape index (κ1) is 12.3. The van der Waals surface area contributed by atoms with Gasteiger partial charge in [-0.15, -0.1) is 6.58 Å². The molecule has 0 aliphatic carbocycles. The van der Waals surface area contributed by atoms with Crippen LogP contribution in [0.25, 0.3) is 10.4 Å². The quantitative estimate of drug-likeness (QED) is 0.337. The van der Waals surface area contributed by atoms with Crippen LogP contribution in [0.15, 0.2) is 48.1 Å². The van der Waals surface area contributed by atoms with Gasteiger partial charge in [0.1, 0.15) is 0 Å². The van der Waals surface area contributed by atoms with Gasteiger partial charge in [-0.2, -0.15) is 0 Å². The Morgan fingerprint density at radius 1 is 1.44 bits per heavy atom. The highest BCUT2D eigenvalue weighted by Crippen LogP contribution is 2.24. The lowest BCUT2D eigenvalue weighted by Crippen LogP contribution is -2.16. The molecule has 4 nitrogen and oxygen atoms in total. The van der Waals surface area contributed by atoms with Gasteiger partial charge in [-0.25, -0.2) is 0 Å². The molecule has 16 heavy (non-hydrogen) atoms. The number of aliphatic hydroxyl groups is 1. The molecular formula is C12H15N3O. The van der Waals surface area contributed by atoms with E-state index in [0.29, 0.717) is 12.8 Å². The molecule has 1 rings (SSSR count). The molecule has 1 aromatic carbocycles. The lowest BCUT2D eigenvalue weighted by Gasteiger charge is -2.17. The van der Waals surface area contributed by atoms with E-state index in [-0.39, 0.29) is 0 Å². The van der Waals surface area contributed by atoms with Gasteiger partial charge in [0.2, 0.25) is 0 Å². The lowest BCUT2D eigenvalue weighted by atomic mass is 9.99. The Morgan fingerprint density at radius 2 is 2.12 bits per heavy atom. The zero-order valence-corrected chi connectivity index (χ0v) is 9.03. The van der Waals surface area contributed by atoms with Crippen LogP contribution in [0.4, 0.5) is 0 Å². The summed E-state index contributed by atoms with van der Waals surface area (Å²) in [5.74, 6) is 0. The molecule has 0 bridgehead atoms. The standard InChI is InChI=1S/C12H15N3O/c1-2-3-9-11(16)12(14-15-13)10-7-5-4-6-8-10/h2,4-8,11-12,16H,1,3,9H2/t11-,12+/m1/s1. The van der Waals surface area contributed by atoms with Crippen LogP contribution < -0.4 is 0 Å². The fourth-order valence-corrected chi connectivity index (χ4v) is 1.52. The smallest absolute Gasteiger partial charge is 0.0884 e. The summed E-state index contributed by atoms with van der Waals surface area (Å²) in [5, 5.41) is 13.6. The monoisotopic (exact) mass is 217 g/mol. The van der Waals surface area contributed by atoms with Crippen molar-refractivity contribution in [3.63, 3.8) is 0 Å². The third-order valence-electron chi connectivity index (χ3n) is 2.35. The Kier molecular flexibility index (Phi) is 5.12. The van der Waals surface area contributed by atoms with Gasteiger partial charge in [0.25, 0.3) is 0 Å². The van der Waals surface area contributed by atoms with E-state index < -0.39 is 12.1 Å². The van der Waals surface area contributed by atoms with Crippen molar-refractivity contribution in [2.75, 3.05) is 0 Å². The Hall–Kier alpha value is -1.77. The zero-order chi connectivity index (χ0) is 11.8. The van der Waals surface area contributed by atoms with Crippen molar-refractivity contribution in [2.24, 2.45) is 5.11 Å². The molecule has 1 aromatic rings. The fourth-order valence-electron chi connectivity index (χ4n) is 1.52. The molecule has 0 aliphatic rings. The Bertz CT molecular complexity index is 371. The third kappa shape index (κ3) is 3.42. The van der Waals surface area contributed by atoms with Crippen molar-refractivity contribution in [3.8, 4) is 0 Å². The number of rotatable bonds is 6. The number of allylic oxidation sites excluding steroid dienone is 1. The molecule has 0 fully saturated rings. The van der Waals surface area contributed by atoms with Crippen LogP contribution >= 0.6 is 0 Å². The highest BCUT2D eigenvalue weighted by Gasteiger charge is 2.18. The van der Waals surface area contributed by atoms with Gasteiger partial charge >= 0.3 is 0 Å². The van der Waals surface area contributed by atoms with Crippen LogP contribution in [0.3, 0.4) is 0 Å². The normalized spacial score (nSPS) is 13.6. The molecule has 84 valence electrons. The van der Waals surface area contributed by atoms with E-state index in [1.165, 1.54) is 0 Å². The van der Waals surface area contributed by atoms with Gasteiger partial charge in [0.05, 0.1) is 12.1 Å². The van der Waals surface area contributed by atoms with Crippen molar-refractivity contribution < 1.29 is 5.11 Å². The molecule has 0 radical (unpaired) electrons. The van der Waals surface area contributed by atoms with Crippen molar-refractivity contribution in [2.45, 2.75) is 25.0 Å². The van der Waals surface area contributed by atoms with Gasteiger partial charge < -0.3 is 5.11 Å². The molecule has 1 N–H and O–H groups in total. The first-order valence-electron chi connectivity index (χ1n) is 5.17. The molecule has 0 amide bonds. The molecule has 0 saturated heterocycles. The van der Waals surface area contributed by atoms with Gasteiger partial charge in [-0.1, -0.05) is 41.5 Å². The summed E-state index contributed by atoms with van der Waals surface area (Å²) in [6.45, 7) is 3.60. The minimum atomic E-state index is -0.670. The number of azide groups is 1. The summed E-state index contributed by atoms with van der Waals surface area (Å²) in [6, 6.07) is 8.76. The van der Waals surface area contributed by atoms with Crippen LogP contribution in [0.5, 0.6) is 0 Å². The lowest BCUT2D eigenvalue weighted by molar-refractivity contribution is 0.136. The van der Waals surface area contributed by atoms with Crippen molar-refractivity contribution in [3.05, 3.63) is 59.0 Å². The molecule has 0 heterocycles. The Morgan fingerprint density at radius 3 is 2.69 bits per heavy atom. The predicted molar refractivity (Wildman–Crippen MR) is 63.8 cm³/mol. The summed E-state index contributed by atoms with van der Waals surface area (Å²) in [5.41, 5.74) is 9.33. The van der Waals surface area contributed by atoms with Crippen LogP contribution in [0, 0.1) is 0 Å². The van der Waals surface area contributed by atoms with Crippen molar-refractivity contribution in [1.82, 2.24) is 0 Å². The Balaban J connectivity index is 2.82. The number of hydrogen-bond acceptors (Lipinski definition) is 2. The van der Waals surface area contributed by atoms with Gasteiger partial charge in [-0.3, -0.25) is 0 Å². The SMILES string of the molecule is C=CCC[C@@H](O)[C@@H](N=[N+]=[N-])c1ccccc1.